The number of nitro groups is 1. The van der Waals surface area contributed by atoms with Gasteiger partial charge in [0.15, 0.2) is 6.61 Å². The number of hydrogen-bond acceptors (Lipinski definition) is 6. The Morgan fingerprint density at radius 3 is 2.57 bits per heavy atom. The third kappa shape index (κ3) is 7.18. The van der Waals surface area contributed by atoms with Crippen molar-refractivity contribution < 1.29 is 24.0 Å². The first kappa shape index (κ1) is 26.0. The molecular weight excluding hydrogens is 450 g/mol. The fourth-order valence-electron chi connectivity index (χ4n) is 4.29. The molecule has 35 heavy (non-hydrogen) atoms. The average Bonchev–Trinajstić information content (AvgIpc) is 2.85. The maximum atomic E-state index is 13.3. The largest absolute Gasteiger partial charge is 0.490 e. The van der Waals surface area contributed by atoms with Gasteiger partial charge in [-0.25, -0.2) is 0 Å². The van der Waals surface area contributed by atoms with Gasteiger partial charge >= 0.3 is 5.69 Å². The molecule has 2 aromatic carbocycles. The van der Waals surface area contributed by atoms with E-state index < -0.39 is 11.0 Å². The highest BCUT2D eigenvalue weighted by atomic mass is 16.6. The van der Waals surface area contributed by atoms with Crippen LogP contribution in [0.2, 0.25) is 0 Å². The van der Waals surface area contributed by atoms with E-state index in [0.29, 0.717) is 0 Å². The van der Waals surface area contributed by atoms with Crippen molar-refractivity contribution in [3.8, 4) is 11.5 Å². The van der Waals surface area contributed by atoms with E-state index in [-0.39, 0.29) is 48.2 Å². The van der Waals surface area contributed by atoms with Crippen LogP contribution in [0.5, 0.6) is 11.5 Å². The number of nitro benzene ring substituents is 1. The van der Waals surface area contributed by atoms with Crippen molar-refractivity contribution in [1.29, 1.82) is 0 Å². The highest BCUT2D eigenvalue weighted by molar-refractivity contribution is 5.88. The maximum absolute atomic E-state index is 13.3. The number of amides is 2. The summed E-state index contributed by atoms with van der Waals surface area (Å²) in [6, 6.07) is 11.3. The highest BCUT2D eigenvalue weighted by Gasteiger charge is 2.28. The fraction of sp³-hybridized carbons (Fsp3) is 0.462. The average molecular weight is 484 g/mol. The van der Waals surface area contributed by atoms with E-state index >= 15 is 0 Å². The Bertz CT molecular complexity index is 1050. The molecular formula is C26H33N3O6. The summed E-state index contributed by atoms with van der Waals surface area (Å²) in [6.45, 7) is 3.63. The number of methoxy groups -OCH3 is 1. The van der Waals surface area contributed by atoms with Crippen LogP contribution in [0.4, 0.5) is 5.69 Å². The first-order chi connectivity index (χ1) is 16.8. The predicted molar refractivity (Wildman–Crippen MR) is 131 cm³/mol. The molecule has 1 N–H and O–H groups in total. The third-order valence-electron chi connectivity index (χ3n) is 6.26. The van der Waals surface area contributed by atoms with Crippen molar-refractivity contribution in [2.75, 3.05) is 13.7 Å². The number of ether oxygens (including phenoxy) is 2. The summed E-state index contributed by atoms with van der Waals surface area (Å²) in [5.74, 6) is -0.252. The van der Waals surface area contributed by atoms with Crippen molar-refractivity contribution in [3.05, 3.63) is 63.7 Å². The quantitative estimate of drug-likeness (QED) is 0.401. The van der Waals surface area contributed by atoms with Gasteiger partial charge in [0, 0.05) is 24.7 Å². The Kier molecular flexibility index (Phi) is 9.05. The van der Waals surface area contributed by atoms with E-state index in [1.807, 2.05) is 31.2 Å². The molecule has 0 radical (unpaired) electrons. The van der Waals surface area contributed by atoms with Crippen LogP contribution in [0.3, 0.4) is 0 Å². The topological polar surface area (TPSA) is 111 Å². The van der Waals surface area contributed by atoms with Gasteiger partial charge < -0.3 is 19.7 Å². The molecule has 0 saturated heterocycles. The standard InChI is InChI=1S/C26H33N3O6/c1-18-8-7-9-20(14-18)16-28(19(2)26(31)27-21-10-5-4-6-11-21)25(30)17-35-22-12-13-23(29(32)33)24(15-22)34-3/h7-9,12-15,19,21H,4-6,10-11,16-17H2,1-3H3,(H,27,31)/t19-/m0/s1. The minimum atomic E-state index is -0.695. The molecule has 2 amide bonds. The molecule has 0 heterocycles. The van der Waals surface area contributed by atoms with Crippen molar-refractivity contribution in [2.24, 2.45) is 0 Å². The zero-order valence-corrected chi connectivity index (χ0v) is 20.5. The lowest BCUT2D eigenvalue weighted by molar-refractivity contribution is -0.385. The van der Waals surface area contributed by atoms with Crippen LogP contribution < -0.4 is 14.8 Å². The van der Waals surface area contributed by atoms with Gasteiger partial charge in [-0.05, 0) is 38.3 Å². The normalized spacial score (nSPS) is 14.6. The summed E-state index contributed by atoms with van der Waals surface area (Å²) in [5.41, 5.74) is 1.77. The van der Waals surface area contributed by atoms with Gasteiger partial charge in [-0.3, -0.25) is 19.7 Å². The van der Waals surface area contributed by atoms with Crippen LogP contribution in [0.25, 0.3) is 0 Å². The minimum Gasteiger partial charge on any atom is -0.490 e. The van der Waals surface area contributed by atoms with E-state index in [1.165, 1.54) is 36.6 Å². The monoisotopic (exact) mass is 483 g/mol. The second-order valence-electron chi connectivity index (χ2n) is 8.91. The molecule has 0 bridgehead atoms. The maximum Gasteiger partial charge on any atom is 0.311 e. The molecule has 1 aliphatic rings. The van der Waals surface area contributed by atoms with Crippen LogP contribution in [0, 0.1) is 17.0 Å². The van der Waals surface area contributed by atoms with Crippen molar-refractivity contribution in [2.45, 2.75) is 64.6 Å². The Morgan fingerprint density at radius 2 is 1.91 bits per heavy atom. The Morgan fingerprint density at radius 1 is 1.17 bits per heavy atom. The number of rotatable bonds is 10. The summed E-state index contributed by atoms with van der Waals surface area (Å²) in [4.78, 5) is 38.4. The number of benzene rings is 2. The molecule has 0 unspecified atom stereocenters. The first-order valence-electron chi connectivity index (χ1n) is 11.9. The van der Waals surface area contributed by atoms with Crippen molar-refractivity contribution in [3.63, 3.8) is 0 Å². The number of carbonyl (C=O) groups excluding carboxylic acids is 2. The zero-order valence-electron chi connectivity index (χ0n) is 20.5. The lowest BCUT2D eigenvalue weighted by Crippen LogP contribution is -2.51. The molecule has 3 rings (SSSR count). The molecule has 188 valence electrons. The third-order valence-corrected chi connectivity index (χ3v) is 6.26. The van der Waals surface area contributed by atoms with E-state index in [0.717, 1.165) is 36.8 Å². The van der Waals surface area contributed by atoms with Crippen LogP contribution in [0.1, 0.15) is 50.2 Å². The van der Waals surface area contributed by atoms with Gasteiger partial charge in [-0.1, -0.05) is 49.1 Å². The van der Waals surface area contributed by atoms with Crippen LogP contribution in [-0.4, -0.2) is 47.4 Å². The van der Waals surface area contributed by atoms with Crippen LogP contribution >= 0.6 is 0 Å². The highest BCUT2D eigenvalue weighted by Crippen LogP contribution is 2.30. The van der Waals surface area contributed by atoms with E-state index in [1.54, 1.807) is 6.92 Å². The summed E-state index contributed by atoms with van der Waals surface area (Å²) >= 11 is 0. The molecule has 1 aliphatic carbocycles. The number of aryl methyl sites for hydroxylation is 1. The molecule has 1 atom stereocenters. The number of carbonyl (C=O) groups is 2. The SMILES string of the molecule is COc1cc(OCC(=O)N(Cc2cccc(C)c2)[C@@H](C)C(=O)NC2CCCCC2)ccc1[N+](=O)[O-]. The van der Waals surface area contributed by atoms with Crippen molar-refractivity contribution >= 4 is 17.5 Å². The van der Waals surface area contributed by atoms with Gasteiger partial charge in [0.25, 0.3) is 5.91 Å². The molecule has 0 aromatic heterocycles. The summed E-state index contributed by atoms with van der Waals surface area (Å²) < 4.78 is 10.7. The van der Waals surface area contributed by atoms with Crippen molar-refractivity contribution in [1.82, 2.24) is 10.2 Å². The van der Waals surface area contributed by atoms with E-state index in [2.05, 4.69) is 5.32 Å². The van der Waals surface area contributed by atoms with Gasteiger partial charge in [-0.2, -0.15) is 0 Å². The van der Waals surface area contributed by atoms with E-state index in [9.17, 15) is 19.7 Å². The number of nitrogens with zero attached hydrogens (tertiary/aromatic N) is 2. The van der Waals surface area contributed by atoms with Crippen LogP contribution in [-0.2, 0) is 16.1 Å². The Labute approximate surface area is 205 Å². The van der Waals surface area contributed by atoms with E-state index in [4.69, 9.17) is 9.47 Å². The molecule has 1 fully saturated rings. The predicted octanol–water partition coefficient (Wildman–Crippen LogP) is 4.16. The molecule has 9 nitrogen and oxygen atoms in total. The smallest absolute Gasteiger partial charge is 0.311 e. The lowest BCUT2D eigenvalue weighted by atomic mass is 9.95. The second kappa shape index (κ2) is 12.2. The molecule has 1 saturated carbocycles. The molecule has 9 heteroatoms. The summed E-state index contributed by atoms with van der Waals surface area (Å²) in [5, 5.41) is 14.2. The number of nitrogens with one attached hydrogen (secondary N) is 1. The zero-order chi connectivity index (χ0) is 25.4. The van der Waals surface area contributed by atoms with Crippen LogP contribution in [0.15, 0.2) is 42.5 Å². The Balaban J connectivity index is 1.73. The van der Waals surface area contributed by atoms with Gasteiger partial charge in [0.05, 0.1) is 12.0 Å². The minimum absolute atomic E-state index is 0.0387. The molecule has 0 aliphatic heterocycles. The first-order valence-corrected chi connectivity index (χ1v) is 11.9. The molecule has 2 aromatic rings. The second-order valence-corrected chi connectivity index (χ2v) is 8.91. The Hall–Kier alpha value is -3.62. The fourth-order valence-corrected chi connectivity index (χ4v) is 4.29. The number of hydrogen-bond donors (Lipinski definition) is 1. The lowest BCUT2D eigenvalue weighted by Gasteiger charge is -2.31. The van der Waals surface area contributed by atoms with Gasteiger partial charge in [0.2, 0.25) is 11.7 Å². The van der Waals surface area contributed by atoms with Gasteiger partial charge in [-0.15, -0.1) is 0 Å². The summed E-state index contributed by atoms with van der Waals surface area (Å²) in [7, 11) is 1.33. The van der Waals surface area contributed by atoms with Gasteiger partial charge in [0.1, 0.15) is 11.8 Å². The summed E-state index contributed by atoms with van der Waals surface area (Å²) in [6.07, 6.45) is 5.28. The molecule has 0 spiro atoms.